The van der Waals surface area contributed by atoms with E-state index in [1.54, 1.807) is 23.1 Å². The van der Waals surface area contributed by atoms with E-state index in [0.29, 0.717) is 24.4 Å². The zero-order valence-corrected chi connectivity index (χ0v) is 19.1. The van der Waals surface area contributed by atoms with Gasteiger partial charge in [-0.15, -0.1) is 11.3 Å². The average Bonchev–Trinajstić information content (AvgIpc) is 3.16. The fraction of sp³-hybridized carbons (Fsp3) is 0.421. The highest BCUT2D eigenvalue weighted by molar-refractivity contribution is 7.88. The number of rotatable bonds is 8. The van der Waals surface area contributed by atoms with Crippen LogP contribution in [0.2, 0.25) is 0 Å². The summed E-state index contributed by atoms with van der Waals surface area (Å²) in [5.74, 6) is -0.167. The van der Waals surface area contributed by atoms with E-state index in [-0.39, 0.29) is 31.3 Å². The van der Waals surface area contributed by atoms with Crippen molar-refractivity contribution in [2.24, 2.45) is 0 Å². The maximum atomic E-state index is 12.8. The van der Waals surface area contributed by atoms with Crippen molar-refractivity contribution in [1.29, 1.82) is 0 Å². The second-order valence-corrected chi connectivity index (χ2v) is 12.1. The Hall–Kier alpha value is -1.79. The second kappa shape index (κ2) is 9.56. The third kappa shape index (κ3) is 6.35. The van der Waals surface area contributed by atoms with Gasteiger partial charge in [-0.2, -0.15) is 4.31 Å². The monoisotopic (exact) mass is 471 g/mol. The van der Waals surface area contributed by atoms with Crippen LogP contribution in [0.25, 0.3) is 0 Å². The van der Waals surface area contributed by atoms with Crippen LogP contribution in [0.5, 0.6) is 0 Å². The summed E-state index contributed by atoms with van der Waals surface area (Å²) in [6.07, 6.45) is 1.62. The molecule has 8 nitrogen and oxygen atoms in total. The third-order valence-electron chi connectivity index (χ3n) is 4.72. The van der Waals surface area contributed by atoms with E-state index in [4.69, 9.17) is 0 Å². The Kier molecular flexibility index (Phi) is 7.30. The maximum Gasteiger partial charge on any atom is 0.264 e. The van der Waals surface area contributed by atoms with E-state index in [2.05, 4.69) is 4.72 Å². The number of sulfonamides is 2. The molecule has 11 heteroatoms. The molecule has 1 aliphatic heterocycles. The van der Waals surface area contributed by atoms with Crippen molar-refractivity contribution in [3.05, 3.63) is 57.8 Å². The van der Waals surface area contributed by atoms with Gasteiger partial charge in [0.1, 0.15) is 0 Å². The van der Waals surface area contributed by atoms with Gasteiger partial charge in [0.15, 0.2) is 0 Å². The highest BCUT2D eigenvalue weighted by Gasteiger charge is 2.29. The Labute approximate surface area is 181 Å². The van der Waals surface area contributed by atoms with Gasteiger partial charge in [0.25, 0.3) is 5.91 Å². The zero-order chi connectivity index (χ0) is 21.8. The summed E-state index contributed by atoms with van der Waals surface area (Å²) in [6.45, 7) is 1.52. The minimum Gasteiger partial charge on any atom is -0.335 e. The van der Waals surface area contributed by atoms with Crippen molar-refractivity contribution in [1.82, 2.24) is 13.9 Å². The van der Waals surface area contributed by atoms with Crippen molar-refractivity contribution >= 4 is 37.3 Å². The lowest BCUT2D eigenvalue weighted by Crippen LogP contribution is -2.50. The minimum atomic E-state index is -3.43. The molecule has 0 atom stereocenters. The first-order chi connectivity index (χ1) is 14.1. The number of piperazine rings is 1. The van der Waals surface area contributed by atoms with Gasteiger partial charge in [-0.25, -0.2) is 21.6 Å². The predicted molar refractivity (Wildman–Crippen MR) is 117 cm³/mol. The molecule has 0 radical (unpaired) electrons. The number of carbonyl (C=O) groups excluding carboxylic acids is 1. The topological polar surface area (TPSA) is 104 Å². The van der Waals surface area contributed by atoms with Gasteiger partial charge in [0.2, 0.25) is 20.0 Å². The normalized spacial score (nSPS) is 16.0. The van der Waals surface area contributed by atoms with Gasteiger partial charge in [-0.1, -0.05) is 30.3 Å². The van der Waals surface area contributed by atoms with Gasteiger partial charge < -0.3 is 4.90 Å². The van der Waals surface area contributed by atoms with Gasteiger partial charge in [0, 0.05) is 37.6 Å². The van der Waals surface area contributed by atoms with Crippen LogP contribution in [0.1, 0.15) is 20.1 Å². The Morgan fingerprint density at radius 2 is 1.67 bits per heavy atom. The molecular weight excluding hydrogens is 446 g/mol. The van der Waals surface area contributed by atoms with Gasteiger partial charge >= 0.3 is 0 Å². The van der Waals surface area contributed by atoms with E-state index >= 15 is 0 Å². The van der Waals surface area contributed by atoms with Crippen LogP contribution in [-0.4, -0.2) is 70.9 Å². The van der Waals surface area contributed by atoms with E-state index in [1.807, 2.05) is 24.3 Å². The summed E-state index contributed by atoms with van der Waals surface area (Å²) in [6, 6.07) is 12.6. The fourth-order valence-corrected chi connectivity index (χ4v) is 6.15. The number of nitrogens with one attached hydrogen (secondary N) is 1. The fourth-order valence-electron chi connectivity index (χ4n) is 3.19. The standard InChI is InChI=1S/C19H25N3O5S3/c1-29(24,25)20-10-9-17-7-8-18(28-17)19(23)21-11-13-22(14-12-21)30(26,27)15-16-5-3-2-4-6-16/h2-8,20H,9-15H2,1H3. The van der Waals surface area contributed by atoms with Crippen LogP contribution >= 0.6 is 11.3 Å². The predicted octanol–water partition coefficient (Wildman–Crippen LogP) is 1.13. The van der Waals surface area contributed by atoms with E-state index < -0.39 is 20.0 Å². The average molecular weight is 472 g/mol. The molecule has 1 saturated heterocycles. The molecule has 1 fully saturated rings. The number of amides is 1. The van der Waals surface area contributed by atoms with Crippen LogP contribution in [0.3, 0.4) is 0 Å². The number of thiophene rings is 1. The molecule has 1 aromatic heterocycles. The molecule has 2 aromatic rings. The van der Waals surface area contributed by atoms with Crippen molar-refractivity contribution < 1.29 is 21.6 Å². The van der Waals surface area contributed by atoms with Crippen LogP contribution < -0.4 is 4.72 Å². The van der Waals surface area contributed by atoms with E-state index in [1.165, 1.54) is 15.6 Å². The first-order valence-electron chi connectivity index (χ1n) is 9.48. The lowest BCUT2D eigenvalue weighted by Gasteiger charge is -2.33. The van der Waals surface area contributed by atoms with Crippen LogP contribution in [0.4, 0.5) is 0 Å². The lowest BCUT2D eigenvalue weighted by atomic mass is 10.2. The van der Waals surface area contributed by atoms with Crippen molar-refractivity contribution in [2.75, 3.05) is 39.0 Å². The molecule has 1 N–H and O–H groups in total. The summed E-state index contributed by atoms with van der Waals surface area (Å²) in [7, 11) is -6.66. The third-order valence-corrected chi connectivity index (χ3v) is 8.43. The summed E-state index contributed by atoms with van der Waals surface area (Å²) in [4.78, 5) is 15.9. The van der Waals surface area contributed by atoms with Crippen LogP contribution in [0, 0.1) is 0 Å². The highest BCUT2D eigenvalue weighted by Crippen LogP contribution is 2.21. The number of hydrogen-bond acceptors (Lipinski definition) is 6. The maximum absolute atomic E-state index is 12.8. The number of benzene rings is 1. The highest BCUT2D eigenvalue weighted by atomic mass is 32.2. The van der Waals surface area contributed by atoms with E-state index in [0.717, 1.165) is 16.7 Å². The molecule has 0 unspecified atom stereocenters. The quantitative estimate of drug-likeness (QED) is 0.622. The molecule has 164 valence electrons. The van der Waals surface area contributed by atoms with Gasteiger partial charge in [0.05, 0.1) is 16.9 Å². The summed E-state index contributed by atoms with van der Waals surface area (Å²) in [5.41, 5.74) is 0.743. The summed E-state index contributed by atoms with van der Waals surface area (Å²) in [5, 5.41) is 0. The lowest BCUT2D eigenvalue weighted by molar-refractivity contribution is 0.0702. The second-order valence-electron chi connectivity index (χ2n) is 7.12. The van der Waals surface area contributed by atoms with Crippen LogP contribution in [-0.2, 0) is 32.2 Å². The summed E-state index contributed by atoms with van der Waals surface area (Å²) >= 11 is 1.34. The largest absolute Gasteiger partial charge is 0.335 e. The first-order valence-corrected chi connectivity index (χ1v) is 13.8. The smallest absolute Gasteiger partial charge is 0.264 e. The minimum absolute atomic E-state index is 0.0441. The molecule has 0 spiro atoms. The molecule has 2 heterocycles. The SMILES string of the molecule is CS(=O)(=O)NCCc1ccc(C(=O)N2CCN(S(=O)(=O)Cc3ccccc3)CC2)s1. The molecule has 1 aliphatic rings. The number of hydrogen-bond donors (Lipinski definition) is 1. The molecule has 1 aromatic carbocycles. The number of nitrogens with zero attached hydrogens (tertiary/aromatic N) is 2. The van der Waals surface area contributed by atoms with Gasteiger partial charge in [-0.3, -0.25) is 4.79 Å². The summed E-state index contributed by atoms with van der Waals surface area (Å²) < 4.78 is 51.4. The van der Waals surface area contributed by atoms with Gasteiger partial charge in [-0.05, 0) is 24.1 Å². The Morgan fingerprint density at radius 3 is 2.30 bits per heavy atom. The Bertz CT molecular complexity index is 1070. The molecule has 0 saturated carbocycles. The Balaban J connectivity index is 1.53. The van der Waals surface area contributed by atoms with Crippen molar-refractivity contribution in [3.8, 4) is 0 Å². The molecule has 0 bridgehead atoms. The van der Waals surface area contributed by atoms with E-state index in [9.17, 15) is 21.6 Å². The molecule has 30 heavy (non-hydrogen) atoms. The molecular formula is C19H25N3O5S3. The Morgan fingerprint density at radius 1 is 1.00 bits per heavy atom. The molecule has 1 amide bonds. The first kappa shape index (κ1) is 22.9. The number of carbonyl (C=O) groups is 1. The van der Waals surface area contributed by atoms with Crippen molar-refractivity contribution in [3.63, 3.8) is 0 Å². The zero-order valence-electron chi connectivity index (χ0n) is 16.7. The van der Waals surface area contributed by atoms with Crippen molar-refractivity contribution in [2.45, 2.75) is 12.2 Å². The van der Waals surface area contributed by atoms with Crippen LogP contribution in [0.15, 0.2) is 42.5 Å². The molecule has 3 rings (SSSR count). The molecule has 0 aliphatic carbocycles.